The van der Waals surface area contributed by atoms with Gasteiger partial charge in [-0.2, -0.15) is 5.10 Å². The lowest BCUT2D eigenvalue weighted by molar-refractivity contribution is 0.243. The minimum absolute atomic E-state index is 0.858. The third kappa shape index (κ3) is 3.04. The van der Waals surface area contributed by atoms with E-state index < -0.39 is 0 Å². The summed E-state index contributed by atoms with van der Waals surface area (Å²) in [7, 11) is 0. The summed E-state index contributed by atoms with van der Waals surface area (Å²) in [5.41, 5.74) is 3.72. The number of aryl methyl sites for hydroxylation is 1. The predicted octanol–water partition coefficient (Wildman–Crippen LogP) is 2.98. The molecule has 0 bridgehead atoms. The fourth-order valence-electron chi connectivity index (χ4n) is 2.95. The summed E-state index contributed by atoms with van der Waals surface area (Å²) < 4.78 is 1.98. The monoisotopic (exact) mass is 325 g/mol. The van der Waals surface area contributed by atoms with Crippen molar-refractivity contribution in [2.45, 2.75) is 33.0 Å². The molecule has 0 fully saturated rings. The third-order valence-electron chi connectivity index (χ3n) is 4.17. The summed E-state index contributed by atoms with van der Waals surface area (Å²) in [4.78, 5) is 12.9. The molecule has 3 aromatic heterocycles. The van der Waals surface area contributed by atoms with E-state index in [1.54, 1.807) is 11.3 Å². The van der Waals surface area contributed by atoms with Gasteiger partial charge in [-0.25, -0.2) is 9.97 Å². The van der Waals surface area contributed by atoms with Crippen LogP contribution in [0.2, 0.25) is 0 Å². The number of fused-ring (bicyclic) bond motifs is 1. The molecule has 0 N–H and O–H groups in total. The van der Waals surface area contributed by atoms with E-state index in [1.165, 1.54) is 16.8 Å². The molecule has 4 heterocycles. The molecule has 1 aliphatic heterocycles. The van der Waals surface area contributed by atoms with Gasteiger partial charge in [0.05, 0.1) is 16.8 Å². The molecular formula is C17H19N5S. The zero-order valence-electron chi connectivity index (χ0n) is 13.1. The van der Waals surface area contributed by atoms with Crippen molar-refractivity contribution in [2.24, 2.45) is 0 Å². The molecule has 0 saturated heterocycles. The Morgan fingerprint density at radius 3 is 3.04 bits per heavy atom. The van der Waals surface area contributed by atoms with Gasteiger partial charge in [-0.15, -0.1) is 11.3 Å². The van der Waals surface area contributed by atoms with Gasteiger partial charge in [-0.3, -0.25) is 9.58 Å². The number of thiophene rings is 1. The fourth-order valence-corrected chi connectivity index (χ4v) is 3.62. The molecule has 1 aliphatic rings. The summed E-state index contributed by atoms with van der Waals surface area (Å²) in [6, 6.07) is 4.12. The Labute approximate surface area is 139 Å². The van der Waals surface area contributed by atoms with Crippen LogP contribution in [0.25, 0.3) is 10.7 Å². The van der Waals surface area contributed by atoms with Crippen molar-refractivity contribution in [3.63, 3.8) is 0 Å². The number of rotatable bonds is 4. The van der Waals surface area contributed by atoms with E-state index in [2.05, 4.69) is 39.5 Å². The van der Waals surface area contributed by atoms with Crippen LogP contribution in [0.5, 0.6) is 0 Å². The van der Waals surface area contributed by atoms with Gasteiger partial charge in [-0.05, 0) is 18.4 Å². The lowest BCUT2D eigenvalue weighted by Gasteiger charge is -2.27. The predicted molar refractivity (Wildman–Crippen MR) is 91.1 cm³/mol. The number of hydrogen-bond donors (Lipinski definition) is 0. The molecule has 23 heavy (non-hydrogen) atoms. The molecule has 0 amide bonds. The Kier molecular flexibility index (Phi) is 3.93. The molecule has 0 radical (unpaired) electrons. The minimum atomic E-state index is 0.858. The Hall–Kier alpha value is -2.05. The number of aromatic nitrogens is 4. The molecule has 3 aromatic rings. The molecule has 0 aliphatic carbocycles. The normalized spacial score (nSPS) is 14.8. The van der Waals surface area contributed by atoms with Crippen molar-refractivity contribution in [1.82, 2.24) is 24.6 Å². The first-order chi connectivity index (χ1) is 11.3. The van der Waals surface area contributed by atoms with Crippen LogP contribution in [0, 0.1) is 0 Å². The van der Waals surface area contributed by atoms with Crippen LogP contribution >= 0.6 is 11.3 Å². The molecule has 0 aromatic carbocycles. The van der Waals surface area contributed by atoms with Crippen LogP contribution in [0.1, 0.15) is 23.7 Å². The Morgan fingerprint density at radius 1 is 1.30 bits per heavy atom. The van der Waals surface area contributed by atoms with Crippen molar-refractivity contribution in [3.05, 3.63) is 52.9 Å². The van der Waals surface area contributed by atoms with Gasteiger partial charge in [0, 0.05) is 56.1 Å². The molecule has 0 saturated carbocycles. The van der Waals surface area contributed by atoms with Crippen molar-refractivity contribution in [2.75, 3.05) is 6.54 Å². The standard InChI is InChI=1S/C17H19N5S/c1-2-22-11-13(8-19-22)10-21-6-5-15-14(12-21)9-18-17(20-15)16-4-3-7-23-16/h3-4,7-9,11H,2,5-6,10,12H2,1H3. The largest absolute Gasteiger partial charge is 0.294 e. The fraction of sp³-hybridized carbons (Fsp3) is 0.353. The maximum absolute atomic E-state index is 4.77. The average molecular weight is 325 g/mol. The Bertz CT molecular complexity index is 793. The first-order valence-electron chi connectivity index (χ1n) is 7.94. The van der Waals surface area contributed by atoms with Crippen LogP contribution in [0.3, 0.4) is 0 Å². The van der Waals surface area contributed by atoms with E-state index in [-0.39, 0.29) is 0 Å². The summed E-state index contributed by atoms with van der Waals surface area (Å²) in [6.07, 6.45) is 7.08. The van der Waals surface area contributed by atoms with Gasteiger partial charge in [0.15, 0.2) is 5.82 Å². The summed E-state index contributed by atoms with van der Waals surface area (Å²) in [5.74, 6) is 0.858. The minimum Gasteiger partial charge on any atom is -0.294 e. The van der Waals surface area contributed by atoms with Gasteiger partial charge in [0.1, 0.15) is 0 Å². The average Bonchev–Trinajstić information content (AvgIpc) is 3.26. The Balaban J connectivity index is 1.49. The first kappa shape index (κ1) is 14.5. The smallest absolute Gasteiger partial charge is 0.169 e. The second-order valence-corrected chi connectivity index (χ2v) is 6.76. The van der Waals surface area contributed by atoms with Crippen molar-refractivity contribution < 1.29 is 0 Å². The quantitative estimate of drug-likeness (QED) is 0.740. The lowest BCUT2D eigenvalue weighted by atomic mass is 10.1. The topological polar surface area (TPSA) is 46.8 Å². The summed E-state index contributed by atoms with van der Waals surface area (Å²) in [6.45, 7) is 5.91. The second kappa shape index (κ2) is 6.22. The highest BCUT2D eigenvalue weighted by Gasteiger charge is 2.19. The molecule has 0 atom stereocenters. The summed E-state index contributed by atoms with van der Waals surface area (Å²) >= 11 is 1.69. The van der Waals surface area contributed by atoms with E-state index in [4.69, 9.17) is 4.98 Å². The van der Waals surface area contributed by atoms with E-state index in [9.17, 15) is 0 Å². The van der Waals surface area contributed by atoms with Gasteiger partial charge in [0.2, 0.25) is 0 Å². The molecule has 118 valence electrons. The van der Waals surface area contributed by atoms with Crippen molar-refractivity contribution in [3.8, 4) is 10.7 Å². The van der Waals surface area contributed by atoms with E-state index in [0.717, 1.165) is 43.3 Å². The maximum Gasteiger partial charge on any atom is 0.169 e. The van der Waals surface area contributed by atoms with E-state index in [0.29, 0.717) is 0 Å². The highest BCUT2D eigenvalue weighted by atomic mass is 32.1. The zero-order chi connectivity index (χ0) is 15.6. The van der Waals surface area contributed by atoms with E-state index in [1.807, 2.05) is 23.1 Å². The van der Waals surface area contributed by atoms with Gasteiger partial charge in [0.25, 0.3) is 0 Å². The SMILES string of the molecule is CCn1cc(CN2CCc3nc(-c4cccs4)ncc3C2)cn1. The molecule has 0 spiro atoms. The van der Waals surface area contributed by atoms with Gasteiger partial charge in [-0.1, -0.05) is 6.07 Å². The van der Waals surface area contributed by atoms with Crippen molar-refractivity contribution in [1.29, 1.82) is 0 Å². The molecule has 0 unspecified atom stereocenters. The van der Waals surface area contributed by atoms with E-state index >= 15 is 0 Å². The van der Waals surface area contributed by atoms with Crippen LogP contribution in [-0.2, 0) is 26.1 Å². The molecule has 4 rings (SSSR count). The number of hydrogen-bond acceptors (Lipinski definition) is 5. The van der Waals surface area contributed by atoms with Gasteiger partial charge < -0.3 is 0 Å². The first-order valence-corrected chi connectivity index (χ1v) is 8.82. The lowest BCUT2D eigenvalue weighted by Crippen LogP contribution is -2.30. The summed E-state index contributed by atoms with van der Waals surface area (Å²) in [5, 5.41) is 6.42. The zero-order valence-corrected chi connectivity index (χ0v) is 14.0. The van der Waals surface area contributed by atoms with Crippen LogP contribution in [-0.4, -0.2) is 31.2 Å². The molecule has 6 heteroatoms. The molecule has 5 nitrogen and oxygen atoms in total. The van der Waals surface area contributed by atoms with Gasteiger partial charge >= 0.3 is 0 Å². The highest BCUT2D eigenvalue weighted by molar-refractivity contribution is 7.13. The Morgan fingerprint density at radius 2 is 2.26 bits per heavy atom. The van der Waals surface area contributed by atoms with Crippen molar-refractivity contribution >= 4 is 11.3 Å². The third-order valence-corrected chi connectivity index (χ3v) is 5.04. The maximum atomic E-state index is 4.77. The number of nitrogens with zero attached hydrogens (tertiary/aromatic N) is 5. The molecular weight excluding hydrogens is 306 g/mol. The second-order valence-electron chi connectivity index (χ2n) is 5.81. The highest BCUT2D eigenvalue weighted by Crippen LogP contribution is 2.24. The van der Waals surface area contributed by atoms with Crippen LogP contribution < -0.4 is 0 Å². The van der Waals surface area contributed by atoms with Crippen LogP contribution in [0.4, 0.5) is 0 Å². The van der Waals surface area contributed by atoms with Crippen LogP contribution in [0.15, 0.2) is 36.1 Å².